The fourth-order valence-electron chi connectivity index (χ4n) is 2.75. The van der Waals surface area contributed by atoms with E-state index in [1.807, 2.05) is 0 Å². The maximum atomic E-state index is 9.75. The Hall–Kier alpha value is 0.390. The summed E-state index contributed by atoms with van der Waals surface area (Å²) in [6, 6.07) is 0. The van der Waals surface area contributed by atoms with Gasteiger partial charge in [-0.1, -0.05) is 26.2 Å². The third-order valence-corrected chi connectivity index (χ3v) is 5.72. The summed E-state index contributed by atoms with van der Waals surface area (Å²) >= 11 is 0. The molecular weight excluding hydrogens is 263 g/mol. The van der Waals surface area contributed by atoms with Crippen LogP contribution >= 0.6 is 7.49 Å². The molecule has 0 atom stereocenters. The molecule has 0 amide bonds. The summed E-state index contributed by atoms with van der Waals surface area (Å²) in [5, 5.41) is 0. The van der Waals surface area contributed by atoms with Crippen LogP contribution in [0.25, 0.3) is 0 Å². The monoisotopic (exact) mass is 304 g/mol. The van der Waals surface area contributed by atoms with E-state index in [9.17, 15) is 4.89 Å². The van der Waals surface area contributed by atoms with Gasteiger partial charge in [0.25, 0.3) is 0 Å². The standard InChI is InChI=1S/C18H41OP/c1-4-5-6-7-8-9-10-11-12-13-14-15-16-17-18-20(2,3)19/h19-20H,4-18H2,1-3H3. The van der Waals surface area contributed by atoms with Crippen LogP contribution in [0.5, 0.6) is 0 Å². The summed E-state index contributed by atoms with van der Waals surface area (Å²) in [5.74, 6) is 0. The second kappa shape index (κ2) is 14.3. The fraction of sp³-hybridized carbons (Fsp3) is 1.00. The zero-order valence-corrected chi connectivity index (χ0v) is 15.6. The molecule has 0 aliphatic rings. The third-order valence-electron chi connectivity index (χ3n) is 4.14. The van der Waals surface area contributed by atoms with Gasteiger partial charge in [0, 0.05) is 0 Å². The van der Waals surface area contributed by atoms with E-state index in [1.54, 1.807) is 0 Å². The van der Waals surface area contributed by atoms with Crippen LogP contribution in [0, 0.1) is 0 Å². The third kappa shape index (κ3) is 18.4. The van der Waals surface area contributed by atoms with Crippen molar-refractivity contribution in [3.63, 3.8) is 0 Å². The molecule has 0 heterocycles. The number of hydrogen-bond acceptors (Lipinski definition) is 1. The van der Waals surface area contributed by atoms with Crippen LogP contribution in [0.1, 0.15) is 96.8 Å². The van der Waals surface area contributed by atoms with E-state index in [0.717, 1.165) is 6.16 Å². The Morgan fingerprint density at radius 2 is 0.850 bits per heavy atom. The Bertz CT molecular complexity index is 186. The summed E-state index contributed by atoms with van der Waals surface area (Å²) in [6.45, 7) is 6.39. The van der Waals surface area contributed by atoms with E-state index in [1.165, 1.54) is 89.9 Å². The molecule has 0 aromatic carbocycles. The molecule has 0 aromatic heterocycles. The van der Waals surface area contributed by atoms with Crippen LogP contribution in [-0.2, 0) is 0 Å². The Morgan fingerprint density at radius 3 is 1.15 bits per heavy atom. The van der Waals surface area contributed by atoms with E-state index in [0.29, 0.717) is 0 Å². The molecule has 0 rings (SSSR count). The van der Waals surface area contributed by atoms with Gasteiger partial charge in [0.15, 0.2) is 0 Å². The predicted octanol–water partition coefficient (Wildman–Crippen LogP) is 6.38. The molecule has 0 spiro atoms. The second-order valence-electron chi connectivity index (χ2n) is 7.16. The van der Waals surface area contributed by atoms with Crippen LogP contribution < -0.4 is 0 Å². The molecule has 0 aromatic rings. The quantitative estimate of drug-likeness (QED) is 0.275. The zero-order chi connectivity index (χ0) is 15.1. The van der Waals surface area contributed by atoms with E-state index < -0.39 is 7.49 Å². The van der Waals surface area contributed by atoms with Gasteiger partial charge in [-0.2, -0.15) is 0 Å². The van der Waals surface area contributed by atoms with Gasteiger partial charge in [-0.25, -0.2) is 0 Å². The van der Waals surface area contributed by atoms with Crippen molar-refractivity contribution < 1.29 is 4.89 Å². The average Bonchev–Trinajstić information content (AvgIpc) is 2.38. The Labute approximate surface area is 129 Å². The SMILES string of the molecule is CCCCCCCCCCCCCCCC[PH](C)(C)O. The molecule has 0 bridgehead atoms. The summed E-state index contributed by atoms with van der Waals surface area (Å²) in [7, 11) is -1.76. The van der Waals surface area contributed by atoms with Crippen molar-refractivity contribution in [1.29, 1.82) is 0 Å². The van der Waals surface area contributed by atoms with Crippen molar-refractivity contribution in [1.82, 2.24) is 0 Å². The molecule has 0 saturated carbocycles. The molecule has 0 unspecified atom stereocenters. The van der Waals surface area contributed by atoms with Crippen molar-refractivity contribution in [2.45, 2.75) is 96.8 Å². The molecular formula is C18H41OP. The first-order valence-corrected chi connectivity index (χ1v) is 12.4. The normalized spacial score (nSPS) is 12.8. The van der Waals surface area contributed by atoms with E-state index >= 15 is 0 Å². The Morgan fingerprint density at radius 1 is 0.550 bits per heavy atom. The number of hydrogen-bond donors (Lipinski definition) is 1. The van der Waals surface area contributed by atoms with Gasteiger partial charge < -0.3 is 0 Å². The van der Waals surface area contributed by atoms with Crippen LogP contribution in [0.2, 0.25) is 0 Å². The Balaban J connectivity index is 2.99. The van der Waals surface area contributed by atoms with Crippen molar-refractivity contribution in [3.05, 3.63) is 0 Å². The van der Waals surface area contributed by atoms with Gasteiger partial charge in [-0.15, -0.1) is 0 Å². The summed E-state index contributed by atoms with van der Waals surface area (Å²) in [6.07, 6.45) is 20.8. The molecule has 0 saturated heterocycles. The van der Waals surface area contributed by atoms with Gasteiger partial charge in [-0.05, 0) is 0 Å². The first-order chi connectivity index (χ1) is 9.56. The number of rotatable bonds is 15. The number of unbranched alkanes of at least 4 members (excludes halogenated alkanes) is 13. The van der Waals surface area contributed by atoms with Gasteiger partial charge in [0.1, 0.15) is 0 Å². The van der Waals surface area contributed by atoms with Crippen molar-refractivity contribution in [3.8, 4) is 0 Å². The average molecular weight is 304 g/mol. The summed E-state index contributed by atoms with van der Waals surface area (Å²) in [4.78, 5) is 9.75. The summed E-state index contributed by atoms with van der Waals surface area (Å²) in [5.41, 5.74) is 0. The molecule has 20 heavy (non-hydrogen) atoms. The van der Waals surface area contributed by atoms with Crippen molar-refractivity contribution >= 4 is 7.49 Å². The van der Waals surface area contributed by atoms with Crippen molar-refractivity contribution in [2.24, 2.45) is 0 Å². The molecule has 0 radical (unpaired) electrons. The maximum absolute atomic E-state index is 9.75. The van der Waals surface area contributed by atoms with Crippen LogP contribution in [0.15, 0.2) is 0 Å². The van der Waals surface area contributed by atoms with Gasteiger partial charge in [0.2, 0.25) is 0 Å². The molecule has 1 N–H and O–H groups in total. The van der Waals surface area contributed by atoms with Gasteiger partial charge in [-0.3, -0.25) is 0 Å². The fourth-order valence-corrected chi connectivity index (χ4v) is 3.87. The van der Waals surface area contributed by atoms with Crippen LogP contribution in [0.3, 0.4) is 0 Å². The zero-order valence-electron chi connectivity index (χ0n) is 14.6. The molecule has 124 valence electrons. The molecule has 1 nitrogen and oxygen atoms in total. The van der Waals surface area contributed by atoms with E-state index in [2.05, 4.69) is 20.3 Å². The first kappa shape index (κ1) is 20.4. The molecule has 0 aliphatic heterocycles. The second-order valence-corrected chi connectivity index (χ2v) is 11.3. The molecule has 0 aliphatic carbocycles. The molecule has 2 heteroatoms. The minimum atomic E-state index is -1.76. The van der Waals surface area contributed by atoms with Gasteiger partial charge >= 0.3 is 103 Å². The van der Waals surface area contributed by atoms with E-state index in [4.69, 9.17) is 0 Å². The van der Waals surface area contributed by atoms with Crippen molar-refractivity contribution in [2.75, 3.05) is 19.5 Å². The first-order valence-electron chi connectivity index (χ1n) is 9.28. The topological polar surface area (TPSA) is 20.2 Å². The van der Waals surface area contributed by atoms with Gasteiger partial charge in [0.05, 0.1) is 0 Å². The Kier molecular flexibility index (Phi) is 14.6. The van der Waals surface area contributed by atoms with Crippen LogP contribution in [-0.4, -0.2) is 24.4 Å². The summed E-state index contributed by atoms with van der Waals surface area (Å²) < 4.78 is 0. The molecule has 0 fully saturated rings. The van der Waals surface area contributed by atoms with Crippen LogP contribution in [0.4, 0.5) is 0 Å². The van der Waals surface area contributed by atoms with E-state index in [-0.39, 0.29) is 0 Å². The predicted molar refractivity (Wildman–Crippen MR) is 97.6 cm³/mol. The minimum absolute atomic E-state index is 1.09.